The Labute approximate surface area is 102 Å². The van der Waals surface area contributed by atoms with Crippen LogP contribution in [0.5, 0.6) is 0 Å². The van der Waals surface area contributed by atoms with Gasteiger partial charge in [0, 0.05) is 23.4 Å². The van der Waals surface area contributed by atoms with Crippen LogP contribution in [-0.4, -0.2) is 24.7 Å². The Kier molecular flexibility index (Phi) is 5.26. The van der Waals surface area contributed by atoms with E-state index in [0.29, 0.717) is 0 Å². The average Bonchev–Trinajstić information content (AvgIpc) is 2.30. The molecule has 86 valence electrons. The number of hydrogen-bond acceptors (Lipinski definition) is 3. The van der Waals surface area contributed by atoms with E-state index >= 15 is 0 Å². The summed E-state index contributed by atoms with van der Waals surface area (Å²) in [6.07, 6.45) is 5.34. The van der Waals surface area contributed by atoms with E-state index in [-0.39, 0.29) is 12.0 Å². The molecule has 3 heteroatoms. The van der Waals surface area contributed by atoms with E-state index in [1.54, 1.807) is 11.8 Å². The number of nitrogens with zero attached hydrogens (tertiary/aromatic N) is 1. The van der Waals surface area contributed by atoms with Crippen LogP contribution in [-0.2, 0) is 0 Å². The SMILES string of the molecule is CSc1ccc(C(C=N)C=NC(C)C)cc1. The summed E-state index contributed by atoms with van der Waals surface area (Å²) < 4.78 is 0. The van der Waals surface area contributed by atoms with Crippen LogP contribution in [0.1, 0.15) is 25.3 Å². The molecule has 0 aliphatic heterocycles. The largest absolute Gasteiger partial charge is 0.312 e. The Hall–Kier alpha value is -1.09. The van der Waals surface area contributed by atoms with E-state index in [1.165, 1.54) is 11.1 Å². The van der Waals surface area contributed by atoms with Gasteiger partial charge in [0.1, 0.15) is 0 Å². The van der Waals surface area contributed by atoms with Crippen LogP contribution in [0.25, 0.3) is 0 Å². The molecule has 0 heterocycles. The highest BCUT2D eigenvalue weighted by atomic mass is 32.2. The van der Waals surface area contributed by atoms with Crippen LogP contribution < -0.4 is 0 Å². The number of aliphatic imine (C=N–C) groups is 1. The van der Waals surface area contributed by atoms with Crippen molar-refractivity contribution >= 4 is 24.2 Å². The Morgan fingerprint density at radius 2 is 1.88 bits per heavy atom. The van der Waals surface area contributed by atoms with Gasteiger partial charge in [-0.05, 0) is 37.8 Å². The normalized spacial score (nSPS) is 13.2. The molecule has 0 aromatic heterocycles. The molecule has 0 aliphatic rings. The van der Waals surface area contributed by atoms with Crippen LogP contribution in [0.4, 0.5) is 0 Å². The second kappa shape index (κ2) is 6.48. The van der Waals surface area contributed by atoms with Gasteiger partial charge in [-0.15, -0.1) is 11.8 Å². The zero-order valence-corrected chi connectivity index (χ0v) is 10.8. The first kappa shape index (κ1) is 13.0. The predicted molar refractivity (Wildman–Crippen MR) is 73.4 cm³/mol. The van der Waals surface area contributed by atoms with Crippen LogP contribution in [0.2, 0.25) is 0 Å². The first-order valence-corrected chi connectivity index (χ1v) is 6.57. The highest BCUT2D eigenvalue weighted by Gasteiger charge is 2.05. The fourth-order valence-electron chi connectivity index (χ4n) is 1.32. The maximum Gasteiger partial charge on any atom is 0.0535 e. The molecule has 0 saturated carbocycles. The lowest BCUT2D eigenvalue weighted by atomic mass is 10.0. The predicted octanol–water partition coefficient (Wildman–Crippen LogP) is 3.62. The van der Waals surface area contributed by atoms with E-state index in [9.17, 15) is 0 Å². The smallest absolute Gasteiger partial charge is 0.0535 e. The quantitative estimate of drug-likeness (QED) is 0.613. The van der Waals surface area contributed by atoms with Crippen molar-refractivity contribution in [2.24, 2.45) is 4.99 Å². The zero-order valence-electron chi connectivity index (χ0n) is 9.97. The van der Waals surface area contributed by atoms with Crippen molar-refractivity contribution in [1.82, 2.24) is 0 Å². The molecule has 1 unspecified atom stereocenters. The van der Waals surface area contributed by atoms with Crippen LogP contribution in [0.15, 0.2) is 34.2 Å². The lowest BCUT2D eigenvalue weighted by Crippen LogP contribution is -2.03. The van der Waals surface area contributed by atoms with Crippen molar-refractivity contribution in [2.45, 2.75) is 30.7 Å². The van der Waals surface area contributed by atoms with Gasteiger partial charge in [-0.1, -0.05) is 12.1 Å². The van der Waals surface area contributed by atoms with Gasteiger partial charge < -0.3 is 5.41 Å². The zero-order chi connectivity index (χ0) is 12.0. The summed E-state index contributed by atoms with van der Waals surface area (Å²) in [5.74, 6) is -0.00157. The van der Waals surface area contributed by atoms with Gasteiger partial charge >= 0.3 is 0 Å². The molecule has 16 heavy (non-hydrogen) atoms. The second-order valence-corrected chi connectivity index (χ2v) is 4.74. The monoisotopic (exact) mass is 234 g/mol. The van der Waals surface area contributed by atoms with Crippen LogP contribution >= 0.6 is 11.8 Å². The van der Waals surface area contributed by atoms with Crippen molar-refractivity contribution in [3.63, 3.8) is 0 Å². The fraction of sp³-hybridized carbons (Fsp3) is 0.385. The Bertz CT molecular complexity index is 355. The van der Waals surface area contributed by atoms with Crippen molar-refractivity contribution in [2.75, 3.05) is 6.26 Å². The van der Waals surface area contributed by atoms with Gasteiger partial charge in [0.05, 0.1) is 5.92 Å². The van der Waals surface area contributed by atoms with Crippen LogP contribution in [0.3, 0.4) is 0 Å². The summed E-state index contributed by atoms with van der Waals surface area (Å²) in [6, 6.07) is 8.58. The molecule has 0 spiro atoms. The molecule has 0 bridgehead atoms. The third kappa shape index (κ3) is 3.81. The first-order valence-electron chi connectivity index (χ1n) is 5.35. The molecule has 0 saturated heterocycles. The number of benzene rings is 1. The summed E-state index contributed by atoms with van der Waals surface area (Å²) in [5, 5.41) is 7.42. The minimum atomic E-state index is -0.00157. The van der Waals surface area contributed by atoms with Gasteiger partial charge in [-0.3, -0.25) is 4.99 Å². The van der Waals surface area contributed by atoms with Crippen molar-refractivity contribution in [3.05, 3.63) is 29.8 Å². The van der Waals surface area contributed by atoms with Gasteiger partial charge in [-0.2, -0.15) is 0 Å². The Morgan fingerprint density at radius 1 is 1.25 bits per heavy atom. The molecule has 0 radical (unpaired) electrons. The van der Waals surface area contributed by atoms with Gasteiger partial charge in [0.15, 0.2) is 0 Å². The average molecular weight is 234 g/mol. The minimum Gasteiger partial charge on any atom is -0.312 e. The maximum atomic E-state index is 7.42. The Morgan fingerprint density at radius 3 is 2.31 bits per heavy atom. The molecule has 1 aromatic rings. The molecule has 0 aliphatic carbocycles. The minimum absolute atomic E-state index is 0.00157. The molecule has 1 atom stereocenters. The standard InChI is InChI=1S/C13H18N2S/c1-10(2)15-9-12(8-14)11-4-6-13(16-3)7-5-11/h4-10,12,14H,1-3H3. The van der Waals surface area contributed by atoms with Crippen LogP contribution in [0, 0.1) is 5.41 Å². The molecule has 0 fully saturated rings. The van der Waals surface area contributed by atoms with E-state index < -0.39 is 0 Å². The summed E-state index contributed by atoms with van der Waals surface area (Å²) >= 11 is 1.72. The molecule has 0 amide bonds. The highest BCUT2D eigenvalue weighted by Crippen LogP contribution is 2.18. The number of thioether (sulfide) groups is 1. The van der Waals surface area contributed by atoms with Crippen molar-refractivity contribution < 1.29 is 0 Å². The fourth-order valence-corrected chi connectivity index (χ4v) is 1.72. The topological polar surface area (TPSA) is 36.2 Å². The first-order chi connectivity index (χ1) is 7.67. The molecule has 1 N–H and O–H groups in total. The summed E-state index contributed by atoms with van der Waals surface area (Å²) in [7, 11) is 0. The van der Waals surface area contributed by atoms with Gasteiger partial charge in [-0.25, -0.2) is 0 Å². The van der Waals surface area contributed by atoms with E-state index in [0.717, 1.165) is 5.56 Å². The number of nitrogens with one attached hydrogen (secondary N) is 1. The highest BCUT2D eigenvalue weighted by molar-refractivity contribution is 7.98. The Balaban J connectivity index is 2.82. The van der Waals surface area contributed by atoms with E-state index in [2.05, 4.69) is 35.5 Å². The van der Waals surface area contributed by atoms with Crippen molar-refractivity contribution in [1.29, 1.82) is 5.41 Å². The number of hydrogen-bond donors (Lipinski definition) is 1. The molecular formula is C13H18N2S. The van der Waals surface area contributed by atoms with E-state index in [1.807, 2.05) is 20.1 Å². The third-order valence-corrected chi connectivity index (χ3v) is 2.97. The molecule has 1 aromatic carbocycles. The lowest BCUT2D eigenvalue weighted by Gasteiger charge is -2.07. The molecule has 2 nitrogen and oxygen atoms in total. The number of rotatable bonds is 5. The second-order valence-electron chi connectivity index (χ2n) is 3.86. The summed E-state index contributed by atoms with van der Waals surface area (Å²) in [4.78, 5) is 5.58. The van der Waals surface area contributed by atoms with Gasteiger partial charge in [0.2, 0.25) is 0 Å². The summed E-state index contributed by atoms with van der Waals surface area (Å²) in [6.45, 7) is 4.07. The van der Waals surface area contributed by atoms with Gasteiger partial charge in [0.25, 0.3) is 0 Å². The molecule has 1 rings (SSSR count). The molecular weight excluding hydrogens is 216 g/mol. The third-order valence-electron chi connectivity index (χ3n) is 2.23. The van der Waals surface area contributed by atoms with E-state index in [4.69, 9.17) is 5.41 Å². The van der Waals surface area contributed by atoms with Crippen molar-refractivity contribution in [3.8, 4) is 0 Å². The maximum absolute atomic E-state index is 7.42. The summed E-state index contributed by atoms with van der Waals surface area (Å²) in [5.41, 5.74) is 1.12. The lowest BCUT2D eigenvalue weighted by molar-refractivity contribution is 0.836.